The fraction of sp³-hybridized carbons (Fsp3) is 1.00. The summed E-state index contributed by atoms with van der Waals surface area (Å²) in [7, 11) is 0. The third-order valence-electron chi connectivity index (χ3n) is 6.52. The molecule has 0 aromatic carbocycles. The standard InChI is InChI=1S/C16H28N2/c1-3-17-13-6-7-18(9-10(13)2)16-14-11-4-5-12(8-11)15(14)16/h10-17H,3-9H2,1-2H3. The van der Waals surface area contributed by atoms with Crippen molar-refractivity contribution in [1.29, 1.82) is 0 Å². The average molecular weight is 248 g/mol. The van der Waals surface area contributed by atoms with Crippen molar-refractivity contribution in [2.24, 2.45) is 29.6 Å². The number of nitrogens with zero attached hydrogens (tertiary/aromatic N) is 1. The van der Waals surface area contributed by atoms with Gasteiger partial charge in [-0.15, -0.1) is 0 Å². The summed E-state index contributed by atoms with van der Waals surface area (Å²) in [6.07, 6.45) is 6.09. The Kier molecular flexibility index (Phi) is 2.74. The van der Waals surface area contributed by atoms with Crippen LogP contribution in [-0.2, 0) is 0 Å². The first kappa shape index (κ1) is 11.7. The molecule has 102 valence electrons. The SMILES string of the molecule is CCNC1CCN(C2C3C4CCC(C4)C32)CC1C. The quantitative estimate of drug-likeness (QED) is 0.825. The van der Waals surface area contributed by atoms with Crippen molar-refractivity contribution >= 4 is 0 Å². The van der Waals surface area contributed by atoms with Gasteiger partial charge in [0.15, 0.2) is 0 Å². The Morgan fingerprint density at radius 1 is 1.11 bits per heavy atom. The topological polar surface area (TPSA) is 15.3 Å². The van der Waals surface area contributed by atoms with Gasteiger partial charge in [-0.2, -0.15) is 0 Å². The van der Waals surface area contributed by atoms with Crippen molar-refractivity contribution in [3.05, 3.63) is 0 Å². The molecule has 3 saturated carbocycles. The highest BCUT2D eigenvalue weighted by Crippen LogP contribution is 2.67. The molecule has 4 aliphatic rings. The molecular weight excluding hydrogens is 220 g/mol. The number of likely N-dealkylation sites (tertiary alicyclic amines) is 1. The van der Waals surface area contributed by atoms with E-state index >= 15 is 0 Å². The maximum atomic E-state index is 3.67. The molecule has 2 bridgehead atoms. The van der Waals surface area contributed by atoms with Gasteiger partial charge in [0.1, 0.15) is 0 Å². The highest BCUT2D eigenvalue weighted by atomic mass is 15.2. The molecule has 6 atom stereocenters. The highest BCUT2D eigenvalue weighted by molar-refractivity contribution is 5.17. The van der Waals surface area contributed by atoms with E-state index in [1.807, 2.05) is 0 Å². The van der Waals surface area contributed by atoms with E-state index in [0.29, 0.717) is 0 Å². The van der Waals surface area contributed by atoms with Crippen molar-refractivity contribution in [2.45, 2.75) is 51.6 Å². The summed E-state index contributed by atoms with van der Waals surface area (Å²) in [4.78, 5) is 2.87. The number of nitrogens with one attached hydrogen (secondary N) is 1. The number of rotatable bonds is 3. The van der Waals surface area contributed by atoms with Gasteiger partial charge in [-0.3, -0.25) is 4.90 Å². The zero-order chi connectivity index (χ0) is 12.3. The van der Waals surface area contributed by atoms with Crippen LogP contribution in [0.1, 0.15) is 39.5 Å². The molecule has 1 aliphatic heterocycles. The van der Waals surface area contributed by atoms with E-state index in [1.54, 1.807) is 19.3 Å². The summed E-state index contributed by atoms with van der Waals surface area (Å²) in [6, 6.07) is 1.79. The van der Waals surface area contributed by atoms with Gasteiger partial charge >= 0.3 is 0 Å². The van der Waals surface area contributed by atoms with Gasteiger partial charge in [0, 0.05) is 18.6 Å². The summed E-state index contributed by atoms with van der Waals surface area (Å²) in [5, 5.41) is 3.67. The lowest BCUT2D eigenvalue weighted by atomic mass is 9.92. The molecule has 6 unspecified atom stereocenters. The molecule has 3 aliphatic carbocycles. The summed E-state index contributed by atoms with van der Waals surface area (Å²) in [5.41, 5.74) is 0. The van der Waals surface area contributed by atoms with Crippen LogP contribution >= 0.6 is 0 Å². The van der Waals surface area contributed by atoms with Crippen LogP contribution in [0.3, 0.4) is 0 Å². The second-order valence-electron chi connectivity index (χ2n) is 7.40. The molecule has 0 amide bonds. The fourth-order valence-electron chi connectivity index (χ4n) is 5.78. The predicted molar refractivity (Wildman–Crippen MR) is 74.4 cm³/mol. The summed E-state index contributed by atoms with van der Waals surface area (Å²) >= 11 is 0. The van der Waals surface area contributed by atoms with Gasteiger partial charge in [0.2, 0.25) is 0 Å². The minimum absolute atomic E-state index is 0.779. The molecule has 2 nitrogen and oxygen atoms in total. The molecular formula is C16H28N2. The van der Waals surface area contributed by atoms with Crippen molar-refractivity contribution in [3.8, 4) is 0 Å². The lowest BCUT2D eigenvalue weighted by molar-refractivity contribution is 0.122. The van der Waals surface area contributed by atoms with Crippen molar-refractivity contribution in [3.63, 3.8) is 0 Å². The zero-order valence-electron chi connectivity index (χ0n) is 11.9. The Morgan fingerprint density at radius 2 is 1.83 bits per heavy atom. The maximum Gasteiger partial charge on any atom is 0.0164 e. The molecule has 4 fully saturated rings. The number of hydrogen-bond acceptors (Lipinski definition) is 2. The monoisotopic (exact) mass is 248 g/mol. The van der Waals surface area contributed by atoms with E-state index in [-0.39, 0.29) is 0 Å². The third kappa shape index (κ3) is 1.61. The van der Waals surface area contributed by atoms with E-state index in [1.165, 1.54) is 19.5 Å². The lowest BCUT2D eigenvalue weighted by Crippen LogP contribution is -2.49. The molecule has 1 saturated heterocycles. The zero-order valence-corrected chi connectivity index (χ0v) is 11.9. The summed E-state index contributed by atoms with van der Waals surface area (Å²) < 4.78 is 0. The molecule has 0 aromatic rings. The maximum absolute atomic E-state index is 3.67. The molecule has 1 heterocycles. The van der Waals surface area contributed by atoms with E-state index in [2.05, 4.69) is 24.1 Å². The molecule has 1 N–H and O–H groups in total. The smallest absolute Gasteiger partial charge is 0.0164 e. The minimum Gasteiger partial charge on any atom is -0.314 e. The Hall–Kier alpha value is -0.0800. The van der Waals surface area contributed by atoms with Crippen molar-refractivity contribution in [1.82, 2.24) is 10.2 Å². The van der Waals surface area contributed by atoms with Gasteiger partial charge in [-0.05, 0) is 68.4 Å². The van der Waals surface area contributed by atoms with Gasteiger partial charge in [-0.1, -0.05) is 13.8 Å². The first-order valence-corrected chi connectivity index (χ1v) is 8.27. The minimum atomic E-state index is 0.779. The average Bonchev–Trinajstić information content (AvgIpc) is 2.81. The van der Waals surface area contributed by atoms with Crippen molar-refractivity contribution < 1.29 is 0 Å². The fourth-order valence-corrected chi connectivity index (χ4v) is 5.78. The second kappa shape index (κ2) is 4.21. The van der Waals surface area contributed by atoms with Crippen LogP contribution in [0.25, 0.3) is 0 Å². The molecule has 0 radical (unpaired) electrons. The van der Waals surface area contributed by atoms with Gasteiger partial charge in [0.05, 0.1) is 0 Å². The summed E-state index contributed by atoms with van der Waals surface area (Å²) in [6.45, 7) is 8.54. The Morgan fingerprint density at radius 3 is 2.44 bits per heavy atom. The number of hydrogen-bond donors (Lipinski definition) is 1. The van der Waals surface area contributed by atoms with Crippen LogP contribution in [0.5, 0.6) is 0 Å². The summed E-state index contributed by atoms with van der Waals surface area (Å²) in [5.74, 6) is 5.37. The van der Waals surface area contributed by atoms with Crippen LogP contribution in [0.4, 0.5) is 0 Å². The second-order valence-corrected chi connectivity index (χ2v) is 7.40. The lowest BCUT2D eigenvalue weighted by Gasteiger charge is -2.38. The first-order valence-electron chi connectivity index (χ1n) is 8.27. The number of piperidine rings is 1. The molecule has 18 heavy (non-hydrogen) atoms. The normalized spacial score (nSPS) is 54.7. The van der Waals surface area contributed by atoms with Crippen LogP contribution in [0.15, 0.2) is 0 Å². The predicted octanol–water partition coefficient (Wildman–Crippen LogP) is 2.35. The Bertz CT molecular complexity index is 313. The van der Waals surface area contributed by atoms with Crippen LogP contribution in [-0.4, -0.2) is 36.6 Å². The van der Waals surface area contributed by atoms with Crippen LogP contribution < -0.4 is 5.32 Å². The molecule has 4 rings (SSSR count). The number of fused-ring (bicyclic) bond motifs is 5. The van der Waals surface area contributed by atoms with E-state index in [0.717, 1.165) is 48.2 Å². The van der Waals surface area contributed by atoms with Crippen LogP contribution in [0.2, 0.25) is 0 Å². The van der Waals surface area contributed by atoms with Gasteiger partial charge in [-0.25, -0.2) is 0 Å². The van der Waals surface area contributed by atoms with Gasteiger partial charge in [0.25, 0.3) is 0 Å². The van der Waals surface area contributed by atoms with Gasteiger partial charge < -0.3 is 5.32 Å². The highest BCUT2D eigenvalue weighted by Gasteiger charge is 2.66. The Labute approximate surface area is 111 Å². The van der Waals surface area contributed by atoms with E-state index < -0.39 is 0 Å². The molecule has 2 heteroatoms. The van der Waals surface area contributed by atoms with Crippen LogP contribution in [0, 0.1) is 29.6 Å². The van der Waals surface area contributed by atoms with E-state index in [9.17, 15) is 0 Å². The first-order chi connectivity index (χ1) is 8.79. The Balaban J connectivity index is 1.38. The third-order valence-corrected chi connectivity index (χ3v) is 6.52. The largest absolute Gasteiger partial charge is 0.314 e. The molecule has 0 aromatic heterocycles. The molecule has 0 spiro atoms. The van der Waals surface area contributed by atoms with E-state index in [4.69, 9.17) is 0 Å². The van der Waals surface area contributed by atoms with Crippen molar-refractivity contribution in [2.75, 3.05) is 19.6 Å².